The number of aryl methyl sites for hydroxylation is 2. The quantitative estimate of drug-likeness (QED) is 0.869. The Morgan fingerprint density at radius 1 is 1.35 bits per heavy atom. The first-order chi connectivity index (χ1) is 8.15. The molecule has 1 N–H and O–H groups in total. The van der Waals surface area contributed by atoms with Gasteiger partial charge < -0.3 is 10.1 Å². The SMILES string of the molecule is Cc1cc(C)cc(C(=O)NC[C@H]2CCCO2)c1. The lowest BCUT2D eigenvalue weighted by molar-refractivity contribution is 0.0857. The van der Waals surface area contributed by atoms with E-state index in [-0.39, 0.29) is 12.0 Å². The van der Waals surface area contributed by atoms with E-state index in [1.807, 2.05) is 26.0 Å². The minimum atomic E-state index is -0.00713. The zero-order valence-corrected chi connectivity index (χ0v) is 10.5. The molecule has 1 fully saturated rings. The van der Waals surface area contributed by atoms with Crippen LogP contribution in [0.1, 0.15) is 34.3 Å². The van der Waals surface area contributed by atoms with Crippen molar-refractivity contribution in [2.24, 2.45) is 0 Å². The van der Waals surface area contributed by atoms with E-state index >= 15 is 0 Å². The van der Waals surface area contributed by atoms with Crippen molar-refractivity contribution >= 4 is 5.91 Å². The van der Waals surface area contributed by atoms with Crippen molar-refractivity contribution in [3.63, 3.8) is 0 Å². The van der Waals surface area contributed by atoms with E-state index in [9.17, 15) is 4.79 Å². The molecule has 17 heavy (non-hydrogen) atoms. The number of ether oxygens (including phenoxy) is 1. The van der Waals surface area contributed by atoms with E-state index in [0.29, 0.717) is 6.54 Å². The average Bonchev–Trinajstić information content (AvgIpc) is 2.77. The first kappa shape index (κ1) is 12.1. The van der Waals surface area contributed by atoms with Gasteiger partial charge in [0.2, 0.25) is 0 Å². The minimum absolute atomic E-state index is 0.00713. The molecule has 0 aromatic heterocycles. The maximum atomic E-state index is 11.9. The summed E-state index contributed by atoms with van der Waals surface area (Å²) in [6.07, 6.45) is 2.35. The third kappa shape index (κ3) is 3.30. The van der Waals surface area contributed by atoms with E-state index in [0.717, 1.165) is 36.1 Å². The fourth-order valence-electron chi connectivity index (χ4n) is 2.22. The lowest BCUT2D eigenvalue weighted by atomic mass is 10.1. The number of hydrogen-bond acceptors (Lipinski definition) is 2. The fourth-order valence-corrected chi connectivity index (χ4v) is 2.22. The maximum Gasteiger partial charge on any atom is 0.251 e. The van der Waals surface area contributed by atoms with Crippen molar-refractivity contribution in [2.75, 3.05) is 13.2 Å². The van der Waals surface area contributed by atoms with Crippen LogP contribution in [0.2, 0.25) is 0 Å². The summed E-state index contributed by atoms with van der Waals surface area (Å²) >= 11 is 0. The smallest absolute Gasteiger partial charge is 0.251 e. The van der Waals surface area contributed by atoms with E-state index in [4.69, 9.17) is 4.74 Å². The van der Waals surface area contributed by atoms with Gasteiger partial charge >= 0.3 is 0 Å². The fraction of sp³-hybridized carbons (Fsp3) is 0.500. The summed E-state index contributed by atoms with van der Waals surface area (Å²) in [5.41, 5.74) is 2.97. The Bertz CT molecular complexity index is 388. The van der Waals surface area contributed by atoms with E-state index in [2.05, 4.69) is 11.4 Å². The van der Waals surface area contributed by atoms with Crippen molar-refractivity contribution in [1.82, 2.24) is 5.32 Å². The molecule has 0 unspecified atom stereocenters. The lowest BCUT2D eigenvalue weighted by Crippen LogP contribution is -2.31. The number of benzene rings is 1. The third-order valence-electron chi connectivity index (χ3n) is 3.00. The summed E-state index contributed by atoms with van der Waals surface area (Å²) in [6.45, 7) is 5.45. The maximum absolute atomic E-state index is 11.9. The van der Waals surface area contributed by atoms with Crippen LogP contribution in [0.25, 0.3) is 0 Å². The number of carbonyl (C=O) groups is 1. The van der Waals surface area contributed by atoms with Gasteiger partial charge in [0, 0.05) is 18.7 Å². The highest BCUT2D eigenvalue weighted by Gasteiger charge is 2.16. The molecule has 0 radical (unpaired) electrons. The lowest BCUT2D eigenvalue weighted by Gasteiger charge is -2.11. The molecule has 92 valence electrons. The Hall–Kier alpha value is -1.35. The topological polar surface area (TPSA) is 38.3 Å². The Morgan fingerprint density at radius 3 is 2.65 bits per heavy atom. The molecule has 1 aliphatic heterocycles. The number of nitrogens with one attached hydrogen (secondary N) is 1. The molecule has 1 saturated heterocycles. The Labute approximate surface area is 102 Å². The van der Waals surface area contributed by atoms with Gasteiger partial charge in [-0.25, -0.2) is 0 Å². The highest BCUT2D eigenvalue weighted by molar-refractivity contribution is 5.94. The molecule has 0 bridgehead atoms. The van der Waals surface area contributed by atoms with Crippen molar-refractivity contribution in [3.05, 3.63) is 34.9 Å². The number of rotatable bonds is 3. The van der Waals surface area contributed by atoms with Crippen molar-refractivity contribution in [2.45, 2.75) is 32.8 Å². The molecule has 2 rings (SSSR count). The number of amides is 1. The number of hydrogen-bond donors (Lipinski definition) is 1. The molecule has 0 saturated carbocycles. The molecule has 0 spiro atoms. The molecule has 1 heterocycles. The summed E-state index contributed by atoms with van der Waals surface area (Å²) in [5.74, 6) is -0.00713. The van der Waals surface area contributed by atoms with Gasteiger partial charge in [-0.2, -0.15) is 0 Å². The van der Waals surface area contributed by atoms with Crippen LogP contribution in [0.3, 0.4) is 0 Å². The highest BCUT2D eigenvalue weighted by Crippen LogP contribution is 2.12. The van der Waals surface area contributed by atoms with Crippen LogP contribution in [0.15, 0.2) is 18.2 Å². The minimum Gasteiger partial charge on any atom is -0.376 e. The summed E-state index contributed by atoms with van der Waals surface area (Å²) in [4.78, 5) is 11.9. The van der Waals surface area contributed by atoms with Crippen LogP contribution in [-0.4, -0.2) is 25.2 Å². The second kappa shape index (κ2) is 5.32. The van der Waals surface area contributed by atoms with Crippen LogP contribution < -0.4 is 5.32 Å². The average molecular weight is 233 g/mol. The van der Waals surface area contributed by atoms with E-state index in [1.54, 1.807) is 0 Å². The predicted octanol–water partition coefficient (Wildman–Crippen LogP) is 2.21. The predicted molar refractivity (Wildman–Crippen MR) is 67.2 cm³/mol. The van der Waals surface area contributed by atoms with Crippen molar-refractivity contribution in [3.8, 4) is 0 Å². The second-order valence-corrected chi connectivity index (χ2v) is 4.72. The van der Waals surface area contributed by atoms with Crippen LogP contribution in [0.4, 0.5) is 0 Å². The zero-order valence-electron chi connectivity index (χ0n) is 10.5. The normalized spacial score (nSPS) is 19.3. The third-order valence-corrected chi connectivity index (χ3v) is 3.00. The Kier molecular flexibility index (Phi) is 3.79. The summed E-state index contributed by atoms with van der Waals surface area (Å²) in [6, 6.07) is 5.90. The van der Waals surface area contributed by atoms with E-state index in [1.165, 1.54) is 0 Å². The molecule has 1 aromatic rings. The molecule has 0 aliphatic carbocycles. The first-order valence-corrected chi connectivity index (χ1v) is 6.13. The van der Waals surface area contributed by atoms with Gasteiger partial charge in [-0.3, -0.25) is 4.79 Å². The van der Waals surface area contributed by atoms with Crippen molar-refractivity contribution in [1.29, 1.82) is 0 Å². The Morgan fingerprint density at radius 2 is 2.06 bits per heavy atom. The second-order valence-electron chi connectivity index (χ2n) is 4.72. The van der Waals surface area contributed by atoms with Crippen molar-refractivity contribution < 1.29 is 9.53 Å². The molecule has 1 amide bonds. The molecule has 1 atom stereocenters. The summed E-state index contributed by atoms with van der Waals surface area (Å²) < 4.78 is 5.47. The van der Waals surface area contributed by atoms with Gasteiger partial charge in [-0.05, 0) is 38.8 Å². The zero-order chi connectivity index (χ0) is 12.3. The van der Waals surface area contributed by atoms with Gasteiger partial charge in [0.25, 0.3) is 5.91 Å². The molecule has 3 nitrogen and oxygen atoms in total. The first-order valence-electron chi connectivity index (χ1n) is 6.13. The van der Waals surface area contributed by atoms with Crippen LogP contribution in [0.5, 0.6) is 0 Å². The summed E-state index contributed by atoms with van der Waals surface area (Å²) in [5, 5.41) is 2.93. The standard InChI is InChI=1S/C14H19NO2/c1-10-6-11(2)8-12(7-10)14(16)15-9-13-4-3-5-17-13/h6-8,13H,3-5,9H2,1-2H3,(H,15,16)/t13-/m1/s1. The van der Waals surface area contributed by atoms with Gasteiger partial charge in [-0.1, -0.05) is 17.2 Å². The van der Waals surface area contributed by atoms with E-state index < -0.39 is 0 Å². The van der Waals surface area contributed by atoms with Gasteiger partial charge in [0.15, 0.2) is 0 Å². The monoisotopic (exact) mass is 233 g/mol. The largest absolute Gasteiger partial charge is 0.376 e. The van der Waals surface area contributed by atoms with Gasteiger partial charge in [0.05, 0.1) is 6.10 Å². The number of carbonyl (C=O) groups excluding carboxylic acids is 1. The molecule has 3 heteroatoms. The molecular weight excluding hydrogens is 214 g/mol. The highest BCUT2D eigenvalue weighted by atomic mass is 16.5. The van der Waals surface area contributed by atoms with Crippen LogP contribution in [-0.2, 0) is 4.74 Å². The summed E-state index contributed by atoms with van der Waals surface area (Å²) in [7, 11) is 0. The van der Waals surface area contributed by atoms with Crippen LogP contribution >= 0.6 is 0 Å². The Balaban J connectivity index is 1.94. The molecule has 1 aliphatic rings. The van der Waals surface area contributed by atoms with Gasteiger partial charge in [-0.15, -0.1) is 0 Å². The molecule has 1 aromatic carbocycles. The van der Waals surface area contributed by atoms with Crippen LogP contribution in [0, 0.1) is 13.8 Å². The van der Waals surface area contributed by atoms with Gasteiger partial charge in [0.1, 0.15) is 0 Å². The molecular formula is C14H19NO2.